The van der Waals surface area contributed by atoms with Crippen LogP contribution in [0, 0.1) is 5.82 Å². The first-order valence-electron chi connectivity index (χ1n) is 4.94. The highest BCUT2D eigenvalue weighted by Gasteiger charge is 2.07. The van der Waals surface area contributed by atoms with Gasteiger partial charge in [0.15, 0.2) is 0 Å². The number of aryl methyl sites for hydroxylation is 2. The van der Waals surface area contributed by atoms with E-state index >= 15 is 0 Å². The smallest absolute Gasteiger partial charge is 0.141 e. The van der Waals surface area contributed by atoms with Crippen molar-refractivity contribution >= 4 is 21.4 Å². The van der Waals surface area contributed by atoms with Crippen LogP contribution in [0.3, 0.4) is 0 Å². The largest absolute Gasteiger partial charge is 0.205 e. The van der Waals surface area contributed by atoms with Gasteiger partial charge in [-0.2, -0.15) is 0 Å². The summed E-state index contributed by atoms with van der Waals surface area (Å²) in [6.45, 7) is 4.26. The van der Waals surface area contributed by atoms with Crippen LogP contribution >= 0.6 is 11.3 Å². The molecule has 2 heteroatoms. The van der Waals surface area contributed by atoms with Crippen molar-refractivity contribution in [1.82, 2.24) is 0 Å². The molecule has 1 aromatic carbocycles. The van der Waals surface area contributed by atoms with Crippen molar-refractivity contribution in [2.75, 3.05) is 0 Å². The molecule has 0 aliphatic carbocycles. The van der Waals surface area contributed by atoms with Gasteiger partial charge in [0.05, 0.1) is 0 Å². The summed E-state index contributed by atoms with van der Waals surface area (Å²) < 4.78 is 14.4. The molecule has 0 saturated carbocycles. The zero-order valence-corrected chi connectivity index (χ0v) is 9.25. The molecule has 2 rings (SSSR count). The van der Waals surface area contributed by atoms with Gasteiger partial charge in [0.1, 0.15) is 5.82 Å². The summed E-state index contributed by atoms with van der Waals surface area (Å²) in [5.41, 5.74) is 2.62. The molecule has 0 atom stereocenters. The molecule has 74 valence electrons. The van der Waals surface area contributed by atoms with Gasteiger partial charge in [-0.15, -0.1) is 11.3 Å². The normalized spacial score (nSPS) is 11.1. The molecule has 0 aliphatic heterocycles. The number of rotatable bonds is 2. The lowest BCUT2D eigenvalue weighted by atomic mass is 10.0. The minimum absolute atomic E-state index is 0.0812. The second kappa shape index (κ2) is 3.70. The summed E-state index contributed by atoms with van der Waals surface area (Å²) in [6.07, 6.45) is 2.01. The molecule has 0 unspecified atom stereocenters. The summed E-state index contributed by atoms with van der Waals surface area (Å²) in [4.78, 5) is 0. The number of hydrogen-bond acceptors (Lipinski definition) is 1. The average molecular weight is 208 g/mol. The van der Waals surface area contributed by atoms with Crippen LogP contribution in [0.5, 0.6) is 0 Å². The lowest BCUT2D eigenvalue weighted by Gasteiger charge is -2.05. The predicted octanol–water partition coefficient (Wildman–Crippen LogP) is 4.17. The third-order valence-electron chi connectivity index (χ3n) is 2.61. The Labute approximate surface area is 87.4 Å². The molecule has 0 bridgehead atoms. The van der Waals surface area contributed by atoms with Crippen LogP contribution < -0.4 is 0 Å². The van der Waals surface area contributed by atoms with Crippen molar-refractivity contribution in [2.24, 2.45) is 0 Å². The summed E-state index contributed by atoms with van der Waals surface area (Å²) in [6, 6.07) is 4.13. The molecule has 1 heterocycles. The van der Waals surface area contributed by atoms with Crippen LogP contribution in [0.25, 0.3) is 10.1 Å². The van der Waals surface area contributed by atoms with E-state index in [1.807, 2.05) is 6.07 Å². The van der Waals surface area contributed by atoms with Crippen LogP contribution in [-0.4, -0.2) is 0 Å². The lowest BCUT2D eigenvalue weighted by Crippen LogP contribution is -1.90. The van der Waals surface area contributed by atoms with Crippen molar-refractivity contribution in [2.45, 2.75) is 26.7 Å². The molecule has 0 N–H and O–H groups in total. The number of benzene rings is 1. The Morgan fingerprint density at radius 1 is 1.14 bits per heavy atom. The molecule has 1 aromatic heterocycles. The standard InChI is InChI=1S/C12H13FS/c1-3-8-5-10-11(13)7-14-12(10)6-9(8)4-2/h5-7H,3-4H2,1-2H3. The highest BCUT2D eigenvalue weighted by Crippen LogP contribution is 2.28. The molecule has 0 aliphatic rings. The van der Waals surface area contributed by atoms with E-state index in [4.69, 9.17) is 0 Å². The van der Waals surface area contributed by atoms with Gasteiger partial charge in [-0.3, -0.25) is 0 Å². The van der Waals surface area contributed by atoms with Crippen LogP contribution in [0.2, 0.25) is 0 Å². The van der Waals surface area contributed by atoms with Crippen LogP contribution in [0.1, 0.15) is 25.0 Å². The van der Waals surface area contributed by atoms with Crippen molar-refractivity contribution in [3.63, 3.8) is 0 Å². The Morgan fingerprint density at radius 3 is 2.43 bits per heavy atom. The maximum absolute atomic E-state index is 13.3. The molecule has 0 spiro atoms. The zero-order valence-electron chi connectivity index (χ0n) is 8.43. The topological polar surface area (TPSA) is 0 Å². The van der Waals surface area contributed by atoms with Gasteiger partial charge in [-0.1, -0.05) is 13.8 Å². The fourth-order valence-corrected chi connectivity index (χ4v) is 2.64. The maximum atomic E-state index is 13.3. The van der Waals surface area contributed by atoms with Crippen molar-refractivity contribution in [3.05, 3.63) is 34.5 Å². The van der Waals surface area contributed by atoms with E-state index in [0.717, 1.165) is 22.9 Å². The van der Waals surface area contributed by atoms with Gasteiger partial charge in [0.2, 0.25) is 0 Å². The molecular formula is C12H13FS. The Morgan fingerprint density at radius 2 is 1.79 bits per heavy atom. The fraction of sp³-hybridized carbons (Fsp3) is 0.333. The maximum Gasteiger partial charge on any atom is 0.141 e. The Bertz CT molecular complexity index is 457. The first kappa shape index (κ1) is 9.66. The van der Waals surface area contributed by atoms with Crippen molar-refractivity contribution in [1.29, 1.82) is 0 Å². The first-order chi connectivity index (χ1) is 6.76. The second-order valence-electron chi connectivity index (χ2n) is 3.41. The van der Waals surface area contributed by atoms with E-state index in [0.29, 0.717) is 0 Å². The predicted molar refractivity (Wildman–Crippen MR) is 60.5 cm³/mol. The molecule has 2 aromatic rings. The fourth-order valence-electron chi connectivity index (χ4n) is 1.79. The summed E-state index contributed by atoms with van der Waals surface area (Å²) in [7, 11) is 0. The number of thiophene rings is 1. The highest BCUT2D eigenvalue weighted by molar-refractivity contribution is 7.17. The minimum Gasteiger partial charge on any atom is -0.205 e. The van der Waals surface area contributed by atoms with Gasteiger partial charge < -0.3 is 0 Å². The van der Waals surface area contributed by atoms with Gasteiger partial charge in [0.25, 0.3) is 0 Å². The minimum atomic E-state index is -0.0812. The van der Waals surface area contributed by atoms with Gasteiger partial charge >= 0.3 is 0 Å². The number of halogens is 1. The number of fused-ring (bicyclic) bond motifs is 1. The third-order valence-corrected chi connectivity index (χ3v) is 3.53. The summed E-state index contributed by atoms with van der Waals surface area (Å²) >= 11 is 1.49. The zero-order chi connectivity index (χ0) is 10.1. The van der Waals surface area contributed by atoms with E-state index in [1.165, 1.54) is 22.5 Å². The molecular weight excluding hydrogens is 195 g/mol. The van der Waals surface area contributed by atoms with Gasteiger partial charge in [0, 0.05) is 15.5 Å². The average Bonchev–Trinajstić information content (AvgIpc) is 2.58. The molecule has 0 amide bonds. The van der Waals surface area contributed by atoms with Crippen molar-refractivity contribution in [3.8, 4) is 0 Å². The van der Waals surface area contributed by atoms with Crippen molar-refractivity contribution < 1.29 is 4.39 Å². The Hall–Kier alpha value is -0.890. The SMILES string of the molecule is CCc1cc2scc(F)c2cc1CC. The van der Waals surface area contributed by atoms with E-state index in [2.05, 4.69) is 19.9 Å². The van der Waals surface area contributed by atoms with Crippen LogP contribution in [-0.2, 0) is 12.8 Å². The lowest BCUT2D eigenvalue weighted by molar-refractivity contribution is 0.644. The molecule has 0 fully saturated rings. The quantitative estimate of drug-likeness (QED) is 0.695. The molecule has 0 saturated heterocycles. The van der Waals surface area contributed by atoms with E-state index in [-0.39, 0.29) is 5.82 Å². The molecule has 0 radical (unpaired) electrons. The van der Waals surface area contributed by atoms with E-state index < -0.39 is 0 Å². The monoisotopic (exact) mass is 208 g/mol. The third kappa shape index (κ3) is 1.44. The number of hydrogen-bond donors (Lipinski definition) is 0. The molecule has 14 heavy (non-hydrogen) atoms. The Balaban J connectivity index is 2.71. The van der Waals surface area contributed by atoms with Gasteiger partial charge in [-0.25, -0.2) is 4.39 Å². The summed E-state index contributed by atoms with van der Waals surface area (Å²) in [5.74, 6) is -0.0812. The van der Waals surface area contributed by atoms with Gasteiger partial charge in [-0.05, 0) is 36.1 Å². The highest BCUT2D eigenvalue weighted by atomic mass is 32.1. The second-order valence-corrected chi connectivity index (χ2v) is 4.32. The van der Waals surface area contributed by atoms with E-state index in [1.54, 1.807) is 5.38 Å². The van der Waals surface area contributed by atoms with Crippen LogP contribution in [0.4, 0.5) is 4.39 Å². The van der Waals surface area contributed by atoms with Crippen LogP contribution in [0.15, 0.2) is 17.5 Å². The van der Waals surface area contributed by atoms with E-state index in [9.17, 15) is 4.39 Å². The summed E-state index contributed by atoms with van der Waals surface area (Å²) in [5, 5.41) is 2.37. The Kier molecular flexibility index (Phi) is 2.55. The first-order valence-corrected chi connectivity index (χ1v) is 5.82. The molecule has 0 nitrogen and oxygen atoms in total.